The lowest BCUT2D eigenvalue weighted by Gasteiger charge is -2.72. The topological polar surface area (TPSA) is 3.24 Å². The molecule has 3 atom stereocenters. The Bertz CT molecular complexity index is 277. The van der Waals surface area contributed by atoms with Crippen LogP contribution in [0.1, 0.15) is 59.3 Å². The highest BCUT2D eigenvalue weighted by atomic mass is 15.2. The van der Waals surface area contributed by atoms with E-state index in [0.717, 1.165) is 11.8 Å². The molecule has 2 bridgehead atoms. The quantitative estimate of drug-likeness (QED) is 0.653. The predicted octanol–water partition coefficient (Wildman–Crippen LogP) is 3.69. The van der Waals surface area contributed by atoms with Gasteiger partial charge in [-0.1, -0.05) is 27.2 Å². The molecule has 4 rings (SSSR count). The van der Waals surface area contributed by atoms with E-state index in [1.807, 2.05) is 0 Å². The molecule has 3 unspecified atom stereocenters. The second-order valence-corrected chi connectivity index (χ2v) is 7.07. The summed E-state index contributed by atoms with van der Waals surface area (Å²) < 4.78 is 0. The van der Waals surface area contributed by atoms with Gasteiger partial charge in [0.15, 0.2) is 0 Å². The van der Waals surface area contributed by atoms with Crippen LogP contribution >= 0.6 is 0 Å². The van der Waals surface area contributed by atoms with Crippen molar-refractivity contribution < 1.29 is 0 Å². The first kappa shape index (κ1) is 11.1. The lowest BCUT2D eigenvalue weighted by Crippen LogP contribution is -2.75. The zero-order valence-electron chi connectivity index (χ0n) is 11.3. The lowest BCUT2D eigenvalue weighted by atomic mass is 9.40. The van der Waals surface area contributed by atoms with Crippen molar-refractivity contribution in [3.63, 3.8) is 0 Å². The number of likely N-dealkylation sites (tertiary alicyclic amines) is 1. The number of rotatable bonds is 1. The van der Waals surface area contributed by atoms with Gasteiger partial charge in [0, 0.05) is 5.54 Å². The molecule has 4 aliphatic rings. The summed E-state index contributed by atoms with van der Waals surface area (Å²) in [6.45, 7) is 10.4. The molecule has 4 fully saturated rings. The van der Waals surface area contributed by atoms with Crippen molar-refractivity contribution in [2.45, 2.75) is 64.8 Å². The largest absolute Gasteiger partial charge is 0.297 e. The summed E-state index contributed by atoms with van der Waals surface area (Å²) >= 11 is 0. The molecule has 0 radical (unpaired) electrons. The maximum atomic E-state index is 2.89. The minimum atomic E-state index is 0.580. The Morgan fingerprint density at radius 1 is 1.00 bits per heavy atom. The molecule has 0 amide bonds. The van der Waals surface area contributed by atoms with Gasteiger partial charge in [-0.3, -0.25) is 4.90 Å². The van der Waals surface area contributed by atoms with Gasteiger partial charge in [0.2, 0.25) is 0 Å². The molecule has 3 saturated carbocycles. The highest BCUT2D eigenvalue weighted by Crippen LogP contribution is 2.66. The summed E-state index contributed by atoms with van der Waals surface area (Å²) in [6.07, 6.45) is 8.81. The fraction of sp³-hybridized carbons (Fsp3) is 1.00. The molecule has 0 spiro atoms. The summed E-state index contributed by atoms with van der Waals surface area (Å²) in [7, 11) is 0. The smallest absolute Gasteiger partial charge is 0.0291 e. The van der Waals surface area contributed by atoms with Crippen LogP contribution in [0.2, 0.25) is 0 Å². The van der Waals surface area contributed by atoms with Crippen molar-refractivity contribution in [3.8, 4) is 0 Å². The molecule has 0 aromatic rings. The van der Waals surface area contributed by atoms with Crippen LogP contribution < -0.4 is 0 Å². The molecular weight excluding hydrogens is 194 g/mol. The van der Waals surface area contributed by atoms with Gasteiger partial charge in [0.25, 0.3) is 0 Å². The molecule has 0 aromatic carbocycles. The van der Waals surface area contributed by atoms with Crippen molar-refractivity contribution in [2.24, 2.45) is 17.3 Å². The lowest BCUT2D eigenvalue weighted by molar-refractivity contribution is -0.216. The van der Waals surface area contributed by atoms with Crippen LogP contribution in [0, 0.1) is 17.3 Å². The van der Waals surface area contributed by atoms with Crippen molar-refractivity contribution in [1.82, 2.24) is 4.90 Å². The zero-order chi connectivity index (χ0) is 11.4. The van der Waals surface area contributed by atoms with Crippen molar-refractivity contribution >= 4 is 0 Å². The number of nitrogens with zero attached hydrogens (tertiary/aromatic N) is 1. The van der Waals surface area contributed by atoms with Gasteiger partial charge in [-0.2, -0.15) is 0 Å². The Labute approximate surface area is 101 Å². The van der Waals surface area contributed by atoms with E-state index in [1.165, 1.54) is 51.6 Å². The Morgan fingerprint density at radius 2 is 1.69 bits per heavy atom. The van der Waals surface area contributed by atoms with Gasteiger partial charge in [-0.05, 0) is 62.4 Å². The van der Waals surface area contributed by atoms with Gasteiger partial charge >= 0.3 is 0 Å². The number of hydrogen-bond donors (Lipinski definition) is 0. The van der Waals surface area contributed by atoms with Gasteiger partial charge < -0.3 is 0 Å². The van der Waals surface area contributed by atoms with Gasteiger partial charge in [-0.25, -0.2) is 0 Å². The van der Waals surface area contributed by atoms with E-state index in [9.17, 15) is 0 Å². The number of piperidine rings is 1. The fourth-order valence-corrected chi connectivity index (χ4v) is 5.25. The maximum absolute atomic E-state index is 2.89. The molecule has 0 aromatic heterocycles. The first-order chi connectivity index (χ1) is 7.59. The summed E-state index contributed by atoms with van der Waals surface area (Å²) in [5.41, 5.74) is 1.17. The van der Waals surface area contributed by atoms with E-state index in [4.69, 9.17) is 0 Å². The first-order valence-corrected chi connectivity index (χ1v) is 7.34. The van der Waals surface area contributed by atoms with Crippen LogP contribution in [-0.2, 0) is 0 Å². The number of fused-ring (bicyclic) bond motifs is 2. The van der Waals surface area contributed by atoms with Crippen LogP contribution in [0.25, 0.3) is 0 Å². The molecule has 1 heteroatoms. The standard InChI is InChI=1S/C15H27N/c1-12-7-8-13-11-15(12,14(13,2)3)16-9-5-4-6-10-16/h12-13H,4-11H2,1-3H3. The third-order valence-corrected chi connectivity index (χ3v) is 6.38. The van der Waals surface area contributed by atoms with Crippen molar-refractivity contribution in [3.05, 3.63) is 0 Å². The SMILES string of the molecule is CC1CCC2CC1(N1CCCCC1)C2(C)C. The van der Waals surface area contributed by atoms with Crippen LogP contribution in [0.4, 0.5) is 0 Å². The van der Waals surface area contributed by atoms with Gasteiger partial charge in [0.1, 0.15) is 0 Å². The highest BCUT2D eigenvalue weighted by molar-refractivity contribution is 5.19. The Kier molecular flexibility index (Phi) is 2.41. The average molecular weight is 221 g/mol. The maximum Gasteiger partial charge on any atom is 0.0291 e. The van der Waals surface area contributed by atoms with Gasteiger partial charge in [0.05, 0.1) is 0 Å². The summed E-state index contributed by atoms with van der Waals surface area (Å²) in [5, 5.41) is 0. The molecule has 1 saturated heterocycles. The third kappa shape index (κ3) is 1.16. The number of hydrogen-bond acceptors (Lipinski definition) is 1. The van der Waals surface area contributed by atoms with E-state index in [-0.39, 0.29) is 0 Å². The summed E-state index contributed by atoms with van der Waals surface area (Å²) in [5.74, 6) is 1.94. The minimum Gasteiger partial charge on any atom is -0.297 e. The van der Waals surface area contributed by atoms with E-state index in [1.54, 1.807) is 0 Å². The fourth-order valence-electron chi connectivity index (χ4n) is 5.25. The monoisotopic (exact) mass is 221 g/mol. The molecule has 1 heterocycles. The van der Waals surface area contributed by atoms with Crippen LogP contribution in [0.5, 0.6) is 0 Å². The van der Waals surface area contributed by atoms with Crippen LogP contribution in [-0.4, -0.2) is 23.5 Å². The molecule has 16 heavy (non-hydrogen) atoms. The Hall–Kier alpha value is -0.0400. The highest BCUT2D eigenvalue weighted by Gasteiger charge is 2.66. The van der Waals surface area contributed by atoms with E-state index in [0.29, 0.717) is 11.0 Å². The van der Waals surface area contributed by atoms with Gasteiger partial charge in [-0.15, -0.1) is 0 Å². The molecule has 1 nitrogen and oxygen atoms in total. The minimum absolute atomic E-state index is 0.580. The first-order valence-electron chi connectivity index (χ1n) is 7.34. The summed E-state index contributed by atoms with van der Waals surface area (Å²) in [6, 6.07) is 0. The molecule has 92 valence electrons. The van der Waals surface area contributed by atoms with Crippen molar-refractivity contribution in [1.29, 1.82) is 0 Å². The zero-order valence-corrected chi connectivity index (χ0v) is 11.3. The van der Waals surface area contributed by atoms with E-state index in [2.05, 4.69) is 25.7 Å². The van der Waals surface area contributed by atoms with E-state index >= 15 is 0 Å². The normalized spacial score (nSPS) is 47.4. The van der Waals surface area contributed by atoms with Crippen LogP contribution in [0.3, 0.4) is 0 Å². The molecular formula is C15H27N. The summed E-state index contributed by atoms with van der Waals surface area (Å²) in [4.78, 5) is 2.89. The molecule has 3 aliphatic carbocycles. The Morgan fingerprint density at radius 3 is 2.25 bits per heavy atom. The molecule has 1 aliphatic heterocycles. The average Bonchev–Trinajstić information content (AvgIpc) is 2.29. The molecule has 0 N–H and O–H groups in total. The van der Waals surface area contributed by atoms with Crippen molar-refractivity contribution in [2.75, 3.05) is 13.1 Å². The second-order valence-electron chi connectivity index (χ2n) is 7.07. The predicted molar refractivity (Wildman–Crippen MR) is 68.4 cm³/mol. The van der Waals surface area contributed by atoms with Crippen LogP contribution in [0.15, 0.2) is 0 Å². The Balaban J connectivity index is 1.89. The second kappa shape index (κ2) is 3.48. The van der Waals surface area contributed by atoms with E-state index < -0.39 is 0 Å². The third-order valence-electron chi connectivity index (χ3n) is 6.38.